The Morgan fingerprint density at radius 2 is 1.81 bits per heavy atom. The standard InChI is InChI=1S/C22H36FN5O2.HI/c1-3-24-22(25-12-5-6-18-30-4-2)26-13-11-21(29)28-16-14-27(15-17-28)20-9-7-19(23)8-10-20;/h7-10H,3-6,11-18H2,1-2H3,(H2,24,25,26);1H. The molecule has 1 amide bonds. The van der Waals surface area contributed by atoms with E-state index in [1.54, 1.807) is 12.1 Å². The molecule has 0 atom stereocenters. The van der Waals surface area contributed by atoms with Crippen LogP contribution < -0.4 is 15.5 Å². The largest absolute Gasteiger partial charge is 0.382 e. The van der Waals surface area contributed by atoms with E-state index in [1.165, 1.54) is 12.1 Å². The minimum absolute atomic E-state index is 0. The Hall–Kier alpha value is -1.62. The van der Waals surface area contributed by atoms with Crippen molar-refractivity contribution in [3.63, 3.8) is 0 Å². The van der Waals surface area contributed by atoms with Crippen LogP contribution in [0.15, 0.2) is 29.3 Å². The van der Waals surface area contributed by atoms with Crippen LogP contribution >= 0.6 is 24.0 Å². The van der Waals surface area contributed by atoms with Crippen molar-refractivity contribution in [1.29, 1.82) is 0 Å². The van der Waals surface area contributed by atoms with Gasteiger partial charge < -0.3 is 25.2 Å². The topological polar surface area (TPSA) is 69.2 Å². The van der Waals surface area contributed by atoms with Crippen molar-refractivity contribution < 1.29 is 13.9 Å². The first kappa shape index (κ1) is 27.4. The number of nitrogens with one attached hydrogen (secondary N) is 2. The van der Waals surface area contributed by atoms with Gasteiger partial charge in [0.15, 0.2) is 5.96 Å². The number of amides is 1. The maximum Gasteiger partial charge on any atom is 0.224 e. The Morgan fingerprint density at radius 1 is 1.10 bits per heavy atom. The van der Waals surface area contributed by atoms with Gasteiger partial charge >= 0.3 is 0 Å². The van der Waals surface area contributed by atoms with Crippen LogP contribution in [0.25, 0.3) is 0 Å². The van der Waals surface area contributed by atoms with Crippen molar-refractivity contribution >= 4 is 41.5 Å². The summed E-state index contributed by atoms with van der Waals surface area (Å²) in [6, 6.07) is 6.52. The number of halogens is 2. The van der Waals surface area contributed by atoms with Gasteiger partial charge in [0.05, 0.1) is 0 Å². The van der Waals surface area contributed by atoms with Gasteiger partial charge in [0.2, 0.25) is 5.91 Å². The van der Waals surface area contributed by atoms with Crippen LogP contribution in [0.2, 0.25) is 0 Å². The van der Waals surface area contributed by atoms with E-state index in [0.29, 0.717) is 26.1 Å². The molecule has 1 aliphatic rings. The molecule has 0 aliphatic carbocycles. The van der Waals surface area contributed by atoms with E-state index in [-0.39, 0.29) is 35.7 Å². The maximum atomic E-state index is 13.1. The van der Waals surface area contributed by atoms with E-state index < -0.39 is 0 Å². The number of guanidine groups is 1. The lowest BCUT2D eigenvalue weighted by Gasteiger charge is -2.36. The molecule has 1 saturated heterocycles. The highest BCUT2D eigenvalue weighted by Gasteiger charge is 2.21. The molecule has 1 aliphatic heterocycles. The quantitative estimate of drug-likeness (QED) is 0.192. The molecule has 31 heavy (non-hydrogen) atoms. The Morgan fingerprint density at radius 3 is 2.45 bits per heavy atom. The zero-order chi connectivity index (χ0) is 21.6. The fourth-order valence-electron chi connectivity index (χ4n) is 3.30. The van der Waals surface area contributed by atoms with Crippen molar-refractivity contribution in [2.45, 2.75) is 33.1 Å². The number of anilines is 1. The number of carbonyl (C=O) groups is 1. The number of piperazine rings is 1. The van der Waals surface area contributed by atoms with Crippen molar-refractivity contribution in [3.8, 4) is 0 Å². The number of hydrogen-bond donors (Lipinski definition) is 2. The monoisotopic (exact) mass is 549 g/mol. The molecule has 0 unspecified atom stereocenters. The van der Waals surface area contributed by atoms with E-state index in [9.17, 15) is 9.18 Å². The molecule has 0 spiro atoms. The molecule has 2 rings (SSSR count). The third-order valence-electron chi connectivity index (χ3n) is 4.97. The number of nitrogens with zero attached hydrogens (tertiary/aromatic N) is 3. The van der Waals surface area contributed by atoms with Crippen LogP contribution in [0, 0.1) is 5.82 Å². The van der Waals surface area contributed by atoms with Gasteiger partial charge in [-0.15, -0.1) is 24.0 Å². The molecule has 1 aromatic rings. The molecule has 2 N–H and O–H groups in total. The van der Waals surface area contributed by atoms with Gasteiger partial charge in [-0.3, -0.25) is 9.79 Å². The smallest absolute Gasteiger partial charge is 0.224 e. The average Bonchev–Trinajstić information content (AvgIpc) is 2.76. The lowest BCUT2D eigenvalue weighted by molar-refractivity contribution is -0.131. The highest BCUT2D eigenvalue weighted by Crippen LogP contribution is 2.17. The van der Waals surface area contributed by atoms with Gasteiger partial charge in [-0.2, -0.15) is 0 Å². The van der Waals surface area contributed by atoms with E-state index in [4.69, 9.17) is 4.74 Å². The van der Waals surface area contributed by atoms with Gasteiger partial charge in [0, 0.05) is 71.1 Å². The molecule has 176 valence electrons. The number of aliphatic imine (C=N–C) groups is 1. The number of benzene rings is 1. The first-order chi connectivity index (χ1) is 14.6. The number of unbranched alkanes of at least 4 members (excludes halogenated alkanes) is 1. The predicted molar refractivity (Wildman–Crippen MR) is 135 cm³/mol. The lowest BCUT2D eigenvalue weighted by atomic mass is 10.2. The summed E-state index contributed by atoms with van der Waals surface area (Å²) < 4.78 is 18.4. The van der Waals surface area contributed by atoms with Gasteiger partial charge in [-0.25, -0.2) is 4.39 Å². The normalized spacial score (nSPS) is 14.2. The number of ether oxygens (including phenoxy) is 1. The van der Waals surface area contributed by atoms with E-state index >= 15 is 0 Å². The van der Waals surface area contributed by atoms with Crippen LogP contribution in [0.3, 0.4) is 0 Å². The fourth-order valence-corrected chi connectivity index (χ4v) is 3.30. The fraction of sp³-hybridized carbons (Fsp3) is 0.636. The third kappa shape index (κ3) is 10.5. The van der Waals surface area contributed by atoms with Gasteiger partial charge in [0.25, 0.3) is 0 Å². The van der Waals surface area contributed by atoms with Gasteiger partial charge in [-0.05, 0) is 51.0 Å². The van der Waals surface area contributed by atoms with Gasteiger partial charge in [0.1, 0.15) is 5.82 Å². The van der Waals surface area contributed by atoms with Gasteiger partial charge in [-0.1, -0.05) is 0 Å². The highest BCUT2D eigenvalue weighted by molar-refractivity contribution is 14.0. The first-order valence-corrected chi connectivity index (χ1v) is 11.0. The summed E-state index contributed by atoms with van der Waals surface area (Å²) >= 11 is 0. The SMILES string of the molecule is CCNC(=NCCCCOCC)NCCC(=O)N1CCN(c2ccc(F)cc2)CC1.I. The summed E-state index contributed by atoms with van der Waals surface area (Å²) in [6.45, 7) is 10.5. The van der Waals surface area contributed by atoms with E-state index in [1.807, 2.05) is 18.7 Å². The van der Waals surface area contributed by atoms with Crippen LogP contribution in [-0.4, -0.2) is 75.8 Å². The summed E-state index contributed by atoms with van der Waals surface area (Å²) in [5.41, 5.74) is 0.998. The van der Waals surface area contributed by atoms with E-state index in [2.05, 4.69) is 20.5 Å². The van der Waals surface area contributed by atoms with Crippen molar-refractivity contribution in [3.05, 3.63) is 30.1 Å². The van der Waals surface area contributed by atoms with Crippen LogP contribution in [0.5, 0.6) is 0 Å². The summed E-state index contributed by atoms with van der Waals surface area (Å²) in [6.07, 6.45) is 2.41. The Labute approximate surface area is 202 Å². The zero-order valence-corrected chi connectivity index (χ0v) is 21.1. The summed E-state index contributed by atoms with van der Waals surface area (Å²) in [5.74, 6) is 0.669. The minimum Gasteiger partial charge on any atom is -0.382 e. The third-order valence-corrected chi connectivity index (χ3v) is 4.97. The van der Waals surface area contributed by atoms with Crippen molar-refractivity contribution in [2.24, 2.45) is 4.99 Å². The van der Waals surface area contributed by atoms with Crippen LogP contribution in [0.1, 0.15) is 33.1 Å². The van der Waals surface area contributed by atoms with Crippen LogP contribution in [-0.2, 0) is 9.53 Å². The summed E-state index contributed by atoms with van der Waals surface area (Å²) in [5, 5.41) is 6.46. The molecule has 1 aromatic carbocycles. The maximum absolute atomic E-state index is 13.1. The molecular formula is C22H37FIN5O2. The summed E-state index contributed by atoms with van der Waals surface area (Å²) in [7, 11) is 0. The Balaban J connectivity index is 0.00000480. The number of rotatable bonds is 11. The first-order valence-electron chi connectivity index (χ1n) is 11.0. The Kier molecular flexibility index (Phi) is 14.2. The zero-order valence-electron chi connectivity index (χ0n) is 18.7. The highest BCUT2D eigenvalue weighted by atomic mass is 127. The van der Waals surface area contributed by atoms with Crippen molar-refractivity contribution in [2.75, 3.05) is 63.9 Å². The second-order valence-corrected chi connectivity index (χ2v) is 7.19. The molecule has 1 heterocycles. The minimum atomic E-state index is -0.231. The summed E-state index contributed by atoms with van der Waals surface area (Å²) in [4.78, 5) is 21.2. The molecule has 0 radical (unpaired) electrons. The molecule has 0 bridgehead atoms. The Bertz CT molecular complexity index is 652. The lowest BCUT2D eigenvalue weighted by Crippen LogP contribution is -2.49. The predicted octanol–water partition coefficient (Wildman–Crippen LogP) is 2.85. The molecular weight excluding hydrogens is 512 g/mol. The average molecular weight is 549 g/mol. The second kappa shape index (κ2) is 16.1. The molecule has 1 fully saturated rings. The number of carbonyl (C=O) groups excluding carboxylic acids is 1. The molecule has 9 heteroatoms. The number of hydrogen-bond acceptors (Lipinski definition) is 4. The van der Waals surface area contributed by atoms with Crippen LogP contribution in [0.4, 0.5) is 10.1 Å². The molecule has 7 nitrogen and oxygen atoms in total. The molecule has 0 saturated carbocycles. The second-order valence-electron chi connectivity index (χ2n) is 7.19. The van der Waals surface area contributed by atoms with E-state index in [0.717, 1.165) is 63.9 Å². The van der Waals surface area contributed by atoms with Crippen molar-refractivity contribution in [1.82, 2.24) is 15.5 Å². The molecule has 0 aromatic heterocycles.